The molecule has 0 radical (unpaired) electrons. The molecule has 1 heterocycles. The Morgan fingerprint density at radius 1 is 1.30 bits per heavy atom. The van der Waals surface area contributed by atoms with Gasteiger partial charge in [-0.25, -0.2) is 8.42 Å². The maximum atomic E-state index is 12.3. The largest absolute Gasteiger partial charge is 0.392 e. The van der Waals surface area contributed by atoms with E-state index in [1.807, 2.05) is 12.1 Å². The monoisotopic (exact) mass is 295 g/mol. The number of aliphatic hydroxyl groups excluding tert-OH is 1. The molecule has 0 spiro atoms. The average Bonchev–Trinajstić information content (AvgIpc) is 2.73. The highest BCUT2D eigenvalue weighted by Crippen LogP contribution is 2.52. The molecule has 0 bridgehead atoms. The second-order valence-electron chi connectivity index (χ2n) is 6.07. The molecule has 3 unspecified atom stereocenters. The van der Waals surface area contributed by atoms with E-state index in [2.05, 4.69) is 0 Å². The molecule has 3 atom stereocenters. The van der Waals surface area contributed by atoms with Crippen molar-refractivity contribution in [2.45, 2.75) is 42.6 Å². The molecule has 3 N–H and O–H groups in total. The molecular formula is C15H21NO3S. The van der Waals surface area contributed by atoms with E-state index in [9.17, 15) is 13.5 Å². The molecule has 20 heavy (non-hydrogen) atoms. The number of sulfone groups is 1. The van der Waals surface area contributed by atoms with Gasteiger partial charge in [-0.15, -0.1) is 0 Å². The van der Waals surface area contributed by atoms with Gasteiger partial charge < -0.3 is 10.8 Å². The van der Waals surface area contributed by atoms with Gasteiger partial charge >= 0.3 is 0 Å². The summed E-state index contributed by atoms with van der Waals surface area (Å²) in [5.74, 6) is -0.0929. The number of rotatable bonds is 2. The summed E-state index contributed by atoms with van der Waals surface area (Å²) >= 11 is 0. The Balaban J connectivity index is 2.11. The van der Waals surface area contributed by atoms with Gasteiger partial charge in [0.1, 0.15) is 0 Å². The Hall–Kier alpha value is -0.910. The third-order valence-electron chi connectivity index (χ3n) is 5.12. The highest BCUT2D eigenvalue weighted by atomic mass is 32.2. The van der Waals surface area contributed by atoms with Crippen LogP contribution >= 0.6 is 0 Å². The minimum Gasteiger partial charge on any atom is -0.392 e. The molecule has 4 nitrogen and oxygen atoms in total. The summed E-state index contributed by atoms with van der Waals surface area (Å²) in [6.07, 6.45) is 3.01. The van der Waals surface area contributed by atoms with Crippen LogP contribution in [-0.2, 0) is 9.84 Å². The first kappa shape index (κ1) is 14.0. The first-order valence-electron chi connectivity index (χ1n) is 7.21. The van der Waals surface area contributed by atoms with E-state index in [-0.39, 0.29) is 11.7 Å². The zero-order valence-electron chi connectivity index (χ0n) is 11.5. The maximum Gasteiger partial charge on any atom is 0.179 e. The van der Waals surface area contributed by atoms with E-state index in [1.165, 1.54) is 0 Å². The van der Waals surface area contributed by atoms with Crippen LogP contribution in [0.3, 0.4) is 0 Å². The van der Waals surface area contributed by atoms with Crippen molar-refractivity contribution in [2.24, 2.45) is 11.1 Å². The van der Waals surface area contributed by atoms with E-state index < -0.39 is 21.4 Å². The van der Waals surface area contributed by atoms with Crippen LogP contribution in [0.4, 0.5) is 0 Å². The SMILES string of the molecule is NCC1(C2CS(=O)(=O)c3ccccc32)CCCCC1O. The van der Waals surface area contributed by atoms with Crippen LogP contribution in [0, 0.1) is 5.41 Å². The zero-order chi connectivity index (χ0) is 14.4. The van der Waals surface area contributed by atoms with E-state index in [0.717, 1.165) is 31.2 Å². The Morgan fingerprint density at radius 2 is 2.05 bits per heavy atom. The van der Waals surface area contributed by atoms with Gasteiger partial charge in [0, 0.05) is 17.9 Å². The highest BCUT2D eigenvalue weighted by Gasteiger charge is 2.51. The molecule has 110 valence electrons. The third kappa shape index (κ3) is 1.91. The fraction of sp³-hybridized carbons (Fsp3) is 0.600. The second kappa shape index (κ2) is 4.83. The van der Waals surface area contributed by atoms with Crippen molar-refractivity contribution >= 4 is 9.84 Å². The van der Waals surface area contributed by atoms with Gasteiger partial charge in [-0.1, -0.05) is 31.0 Å². The standard InChI is InChI=1S/C15H21NO3S/c16-10-15(8-4-3-7-14(15)17)12-9-20(18,19)13-6-2-1-5-11(12)13/h1-2,5-6,12,14,17H,3-4,7-10,16H2. The van der Waals surface area contributed by atoms with Crippen LogP contribution in [0.15, 0.2) is 29.2 Å². The summed E-state index contributed by atoms with van der Waals surface area (Å²) < 4.78 is 24.7. The van der Waals surface area contributed by atoms with E-state index in [1.54, 1.807) is 12.1 Å². The minimum absolute atomic E-state index is 0.0839. The number of hydrogen-bond donors (Lipinski definition) is 2. The third-order valence-corrected chi connectivity index (χ3v) is 6.94. The lowest BCUT2D eigenvalue weighted by molar-refractivity contribution is -0.0205. The summed E-state index contributed by atoms with van der Waals surface area (Å²) in [7, 11) is -3.24. The predicted molar refractivity (Wildman–Crippen MR) is 77.2 cm³/mol. The summed E-state index contributed by atoms with van der Waals surface area (Å²) in [4.78, 5) is 0.426. The Labute approximate surface area is 119 Å². The highest BCUT2D eigenvalue weighted by molar-refractivity contribution is 7.91. The average molecular weight is 295 g/mol. The first-order valence-corrected chi connectivity index (χ1v) is 8.86. The molecule has 2 aliphatic rings. The predicted octanol–water partition coefficient (Wildman–Crippen LogP) is 1.44. The van der Waals surface area contributed by atoms with Crippen molar-refractivity contribution in [2.75, 3.05) is 12.3 Å². The number of nitrogens with two attached hydrogens (primary N) is 1. The molecule has 1 aromatic rings. The molecule has 0 saturated heterocycles. The number of hydrogen-bond acceptors (Lipinski definition) is 4. The van der Waals surface area contributed by atoms with Crippen molar-refractivity contribution in [3.05, 3.63) is 29.8 Å². The Morgan fingerprint density at radius 3 is 2.75 bits per heavy atom. The van der Waals surface area contributed by atoms with Crippen LogP contribution in [-0.4, -0.2) is 31.9 Å². The van der Waals surface area contributed by atoms with Crippen molar-refractivity contribution < 1.29 is 13.5 Å². The van der Waals surface area contributed by atoms with E-state index in [0.29, 0.717) is 11.4 Å². The van der Waals surface area contributed by atoms with E-state index >= 15 is 0 Å². The second-order valence-corrected chi connectivity index (χ2v) is 8.07. The molecule has 1 aromatic carbocycles. The molecular weight excluding hydrogens is 274 g/mol. The molecule has 5 heteroatoms. The summed E-state index contributed by atoms with van der Waals surface area (Å²) in [5, 5.41) is 10.5. The van der Waals surface area contributed by atoms with Crippen LogP contribution in [0.5, 0.6) is 0 Å². The van der Waals surface area contributed by atoms with Gasteiger partial charge in [-0.3, -0.25) is 0 Å². The van der Waals surface area contributed by atoms with Gasteiger partial charge in [0.15, 0.2) is 9.84 Å². The smallest absolute Gasteiger partial charge is 0.179 e. The lowest BCUT2D eigenvalue weighted by atomic mass is 9.62. The van der Waals surface area contributed by atoms with Crippen LogP contribution in [0.25, 0.3) is 0 Å². The Bertz CT molecular complexity index is 613. The quantitative estimate of drug-likeness (QED) is 0.865. The van der Waals surface area contributed by atoms with Gasteiger partial charge in [-0.2, -0.15) is 0 Å². The van der Waals surface area contributed by atoms with Crippen LogP contribution in [0.2, 0.25) is 0 Å². The first-order chi connectivity index (χ1) is 9.51. The summed E-state index contributed by atoms with van der Waals surface area (Å²) in [6.45, 7) is 0.336. The van der Waals surface area contributed by atoms with Crippen LogP contribution in [0.1, 0.15) is 37.2 Å². The lowest BCUT2D eigenvalue weighted by Crippen LogP contribution is -2.49. The molecule has 1 fully saturated rings. The van der Waals surface area contributed by atoms with Gasteiger partial charge in [0.05, 0.1) is 16.8 Å². The van der Waals surface area contributed by atoms with Crippen LogP contribution < -0.4 is 5.73 Å². The fourth-order valence-corrected chi connectivity index (χ4v) is 5.94. The number of aliphatic hydroxyl groups is 1. The summed E-state index contributed by atoms with van der Waals surface area (Å²) in [6, 6.07) is 7.17. The molecule has 0 aromatic heterocycles. The fourth-order valence-electron chi connectivity index (χ4n) is 3.96. The molecule has 0 amide bonds. The van der Waals surface area contributed by atoms with Gasteiger partial charge in [0.2, 0.25) is 0 Å². The minimum atomic E-state index is -3.24. The van der Waals surface area contributed by atoms with Crippen molar-refractivity contribution in [3.8, 4) is 0 Å². The Kier molecular flexibility index (Phi) is 3.39. The number of benzene rings is 1. The molecule has 1 saturated carbocycles. The lowest BCUT2D eigenvalue weighted by Gasteiger charge is -2.45. The van der Waals surface area contributed by atoms with Gasteiger partial charge in [0.25, 0.3) is 0 Å². The molecule has 1 aliphatic carbocycles. The van der Waals surface area contributed by atoms with E-state index in [4.69, 9.17) is 5.73 Å². The normalized spacial score (nSPS) is 35.7. The van der Waals surface area contributed by atoms with Crippen molar-refractivity contribution in [1.82, 2.24) is 0 Å². The maximum absolute atomic E-state index is 12.3. The topological polar surface area (TPSA) is 80.4 Å². The molecule has 3 rings (SSSR count). The van der Waals surface area contributed by atoms with Crippen molar-refractivity contribution in [3.63, 3.8) is 0 Å². The van der Waals surface area contributed by atoms with Crippen molar-refractivity contribution in [1.29, 1.82) is 0 Å². The summed E-state index contributed by atoms with van der Waals surface area (Å²) in [5.41, 5.74) is 6.36. The van der Waals surface area contributed by atoms with Gasteiger partial charge in [-0.05, 0) is 24.5 Å². The zero-order valence-corrected chi connectivity index (χ0v) is 12.3. The molecule has 1 aliphatic heterocycles. The number of fused-ring (bicyclic) bond motifs is 1.